The van der Waals surface area contributed by atoms with Gasteiger partial charge in [0, 0.05) is 23.8 Å². The van der Waals surface area contributed by atoms with E-state index in [-0.39, 0.29) is 11.9 Å². The number of carbonyl (C=O) groups excluding carboxylic acids is 1. The molecule has 1 aromatic heterocycles. The zero-order chi connectivity index (χ0) is 16.7. The Bertz CT molecular complexity index is 647. The maximum Gasteiger partial charge on any atom is 0.220 e. The standard InChI is InChI=1S/C18H21ClN2O2/c1-13-12-16(19)5-6-17(13)23-11-3-4-18(22)21-14(2)15-7-9-20-10-8-15/h5-10,12,14H,3-4,11H2,1-2H3,(H,21,22). The van der Waals surface area contributed by atoms with Crippen LogP contribution in [0.5, 0.6) is 5.75 Å². The number of halogens is 1. The molecule has 1 amide bonds. The smallest absolute Gasteiger partial charge is 0.220 e. The second kappa shape index (κ2) is 8.53. The molecule has 1 aromatic carbocycles. The lowest BCUT2D eigenvalue weighted by molar-refractivity contribution is -0.121. The fraction of sp³-hybridized carbons (Fsp3) is 0.333. The van der Waals surface area contributed by atoms with Gasteiger partial charge in [-0.2, -0.15) is 0 Å². The Hall–Kier alpha value is -2.07. The van der Waals surface area contributed by atoms with Crippen LogP contribution >= 0.6 is 11.6 Å². The number of nitrogens with one attached hydrogen (secondary N) is 1. The summed E-state index contributed by atoms with van der Waals surface area (Å²) in [4.78, 5) is 15.9. The molecule has 0 fully saturated rings. The number of ether oxygens (including phenoxy) is 1. The lowest BCUT2D eigenvalue weighted by atomic mass is 10.1. The zero-order valence-electron chi connectivity index (χ0n) is 13.4. The molecule has 0 radical (unpaired) electrons. The molecule has 23 heavy (non-hydrogen) atoms. The zero-order valence-corrected chi connectivity index (χ0v) is 14.1. The number of hydrogen-bond donors (Lipinski definition) is 1. The van der Waals surface area contributed by atoms with E-state index in [1.54, 1.807) is 18.5 Å². The van der Waals surface area contributed by atoms with Crippen LogP contribution < -0.4 is 10.1 Å². The van der Waals surface area contributed by atoms with Crippen LogP contribution in [0, 0.1) is 6.92 Å². The highest BCUT2D eigenvalue weighted by molar-refractivity contribution is 6.30. The Morgan fingerprint density at radius 1 is 1.30 bits per heavy atom. The van der Waals surface area contributed by atoms with Crippen molar-refractivity contribution in [1.29, 1.82) is 0 Å². The number of rotatable bonds is 7. The molecule has 0 aliphatic heterocycles. The van der Waals surface area contributed by atoms with Gasteiger partial charge in [-0.05, 0) is 61.7 Å². The molecule has 1 atom stereocenters. The van der Waals surface area contributed by atoms with Gasteiger partial charge in [0.1, 0.15) is 5.75 Å². The first-order valence-electron chi connectivity index (χ1n) is 7.64. The SMILES string of the molecule is Cc1cc(Cl)ccc1OCCCC(=O)NC(C)c1ccncc1. The number of amides is 1. The van der Waals surface area contributed by atoms with Crippen molar-refractivity contribution in [2.24, 2.45) is 0 Å². The van der Waals surface area contributed by atoms with Gasteiger partial charge < -0.3 is 10.1 Å². The average molecular weight is 333 g/mol. The van der Waals surface area contributed by atoms with Crippen LogP contribution in [0.25, 0.3) is 0 Å². The van der Waals surface area contributed by atoms with Crippen molar-refractivity contribution < 1.29 is 9.53 Å². The van der Waals surface area contributed by atoms with Crippen molar-refractivity contribution in [3.8, 4) is 5.75 Å². The summed E-state index contributed by atoms with van der Waals surface area (Å²) in [5, 5.41) is 3.67. The largest absolute Gasteiger partial charge is 0.493 e. The van der Waals surface area contributed by atoms with Gasteiger partial charge in [0.15, 0.2) is 0 Å². The molecule has 2 rings (SSSR count). The fourth-order valence-electron chi connectivity index (χ4n) is 2.24. The van der Waals surface area contributed by atoms with Crippen LogP contribution in [-0.4, -0.2) is 17.5 Å². The molecule has 0 spiro atoms. The van der Waals surface area contributed by atoms with Gasteiger partial charge in [-0.25, -0.2) is 0 Å². The van der Waals surface area contributed by atoms with Gasteiger partial charge >= 0.3 is 0 Å². The molecule has 2 aromatic rings. The van der Waals surface area contributed by atoms with E-state index in [4.69, 9.17) is 16.3 Å². The van der Waals surface area contributed by atoms with Crippen LogP contribution in [0.3, 0.4) is 0 Å². The maximum absolute atomic E-state index is 11.9. The molecular weight excluding hydrogens is 312 g/mol. The molecule has 0 bridgehead atoms. The first kappa shape index (κ1) is 17.3. The minimum absolute atomic E-state index is 0.0192. The molecular formula is C18H21ClN2O2. The summed E-state index contributed by atoms with van der Waals surface area (Å²) in [5.41, 5.74) is 2.04. The van der Waals surface area contributed by atoms with Gasteiger partial charge in [-0.1, -0.05) is 11.6 Å². The highest BCUT2D eigenvalue weighted by atomic mass is 35.5. The number of carbonyl (C=O) groups is 1. The topological polar surface area (TPSA) is 51.2 Å². The van der Waals surface area contributed by atoms with E-state index < -0.39 is 0 Å². The Morgan fingerprint density at radius 3 is 2.74 bits per heavy atom. The van der Waals surface area contributed by atoms with Crippen molar-refractivity contribution in [3.63, 3.8) is 0 Å². The van der Waals surface area contributed by atoms with Gasteiger partial charge in [0.05, 0.1) is 12.6 Å². The van der Waals surface area contributed by atoms with Crippen molar-refractivity contribution in [2.75, 3.05) is 6.61 Å². The van der Waals surface area contributed by atoms with Gasteiger partial charge in [-0.15, -0.1) is 0 Å². The van der Waals surface area contributed by atoms with Crippen LogP contribution in [0.2, 0.25) is 5.02 Å². The molecule has 4 nitrogen and oxygen atoms in total. The van der Waals surface area contributed by atoms with Crippen molar-refractivity contribution >= 4 is 17.5 Å². The molecule has 0 saturated heterocycles. The molecule has 5 heteroatoms. The quantitative estimate of drug-likeness (QED) is 0.777. The van der Waals surface area contributed by atoms with E-state index in [0.29, 0.717) is 24.5 Å². The van der Waals surface area contributed by atoms with Crippen molar-refractivity contribution in [1.82, 2.24) is 10.3 Å². The van der Waals surface area contributed by atoms with E-state index >= 15 is 0 Å². The third-order valence-corrected chi connectivity index (χ3v) is 3.76. The van der Waals surface area contributed by atoms with Gasteiger partial charge in [0.25, 0.3) is 0 Å². The monoisotopic (exact) mass is 332 g/mol. The lowest BCUT2D eigenvalue weighted by Crippen LogP contribution is -2.26. The summed E-state index contributed by atoms with van der Waals surface area (Å²) >= 11 is 5.91. The maximum atomic E-state index is 11.9. The summed E-state index contributed by atoms with van der Waals surface area (Å²) in [7, 11) is 0. The first-order valence-corrected chi connectivity index (χ1v) is 8.02. The number of aromatic nitrogens is 1. The van der Waals surface area contributed by atoms with Crippen molar-refractivity contribution in [3.05, 3.63) is 58.9 Å². The predicted molar refractivity (Wildman–Crippen MR) is 91.7 cm³/mol. The Kier molecular flexibility index (Phi) is 6.41. The third kappa shape index (κ3) is 5.57. The van der Waals surface area contributed by atoms with Crippen LogP contribution in [0.1, 0.15) is 36.9 Å². The van der Waals surface area contributed by atoms with Crippen LogP contribution in [0.15, 0.2) is 42.7 Å². The minimum Gasteiger partial charge on any atom is -0.493 e. The molecule has 1 heterocycles. The first-order chi connectivity index (χ1) is 11.1. The van der Waals surface area contributed by atoms with E-state index in [9.17, 15) is 4.79 Å². The number of aryl methyl sites for hydroxylation is 1. The number of hydrogen-bond acceptors (Lipinski definition) is 3. The Morgan fingerprint density at radius 2 is 2.04 bits per heavy atom. The number of nitrogens with zero attached hydrogens (tertiary/aromatic N) is 1. The summed E-state index contributed by atoms with van der Waals surface area (Å²) in [6.07, 6.45) is 4.54. The van der Waals surface area contributed by atoms with E-state index in [0.717, 1.165) is 16.9 Å². The number of benzene rings is 1. The second-order valence-electron chi connectivity index (χ2n) is 5.43. The van der Waals surface area contributed by atoms with E-state index in [2.05, 4.69) is 10.3 Å². The molecule has 0 saturated carbocycles. The predicted octanol–water partition coefficient (Wildman–Crippen LogP) is 4.08. The Balaban J connectivity index is 1.70. The minimum atomic E-state index is -0.0232. The van der Waals surface area contributed by atoms with Gasteiger partial charge in [0.2, 0.25) is 5.91 Å². The average Bonchev–Trinajstić information content (AvgIpc) is 2.54. The molecule has 1 unspecified atom stereocenters. The highest BCUT2D eigenvalue weighted by Gasteiger charge is 2.09. The van der Waals surface area contributed by atoms with Crippen molar-refractivity contribution in [2.45, 2.75) is 32.7 Å². The highest BCUT2D eigenvalue weighted by Crippen LogP contribution is 2.22. The Labute approximate surface area is 141 Å². The summed E-state index contributed by atoms with van der Waals surface area (Å²) in [5.74, 6) is 0.825. The van der Waals surface area contributed by atoms with E-state index in [1.165, 1.54) is 0 Å². The van der Waals surface area contributed by atoms with Gasteiger partial charge in [-0.3, -0.25) is 9.78 Å². The number of pyridine rings is 1. The molecule has 1 N–H and O–H groups in total. The molecule has 0 aliphatic carbocycles. The molecule has 0 aliphatic rings. The third-order valence-electron chi connectivity index (χ3n) is 3.53. The normalized spacial score (nSPS) is 11.8. The van der Waals surface area contributed by atoms with E-state index in [1.807, 2.05) is 38.1 Å². The fourth-order valence-corrected chi connectivity index (χ4v) is 2.47. The summed E-state index contributed by atoms with van der Waals surface area (Å²) < 4.78 is 5.68. The molecule has 122 valence electrons. The second-order valence-corrected chi connectivity index (χ2v) is 5.87. The lowest BCUT2D eigenvalue weighted by Gasteiger charge is -2.14. The summed E-state index contributed by atoms with van der Waals surface area (Å²) in [6, 6.07) is 9.29. The summed E-state index contributed by atoms with van der Waals surface area (Å²) in [6.45, 7) is 4.41. The van der Waals surface area contributed by atoms with Crippen LogP contribution in [-0.2, 0) is 4.79 Å². The van der Waals surface area contributed by atoms with Crippen LogP contribution in [0.4, 0.5) is 0 Å².